The van der Waals surface area contributed by atoms with Gasteiger partial charge in [0.2, 0.25) is 0 Å². The summed E-state index contributed by atoms with van der Waals surface area (Å²) < 4.78 is 29.7. The molecule has 0 aliphatic carbocycles. The van der Waals surface area contributed by atoms with Gasteiger partial charge in [0.25, 0.3) is 10.1 Å². The van der Waals surface area contributed by atoms with Crippen LogP contribution >= 0.6 is 0 Å². The van der Waals surface area contributed by atoms with Crippen molar-refractivity contribution < 1.29 is 22.9 Å². The molecule has 2 N–H and O–H groups in total. The summed E-state index contributed by atoms with van der Waals surface area (Å²) in [6.45, 7) is 0. The predicted octanol–water partition coefficient (Wildman–Crippen LogP) is -0.0170. The van der Waals surface area contributed by atoms with Crippen molar-refractivity contribution in [3.05, 3.63) is 29.8 Å². The maximum absolute atomic E-state index is 10.6. The molecule has 0 heterocycles. The number of rotatable bonds is 2. The molecule has 0 spiro atoms. The van der Waals surface area contributed by atoms with Gasteiger partial charge in [0, 0.05) is 0 Å². The number of carbonyl (C=O) groups is 1. The van der Waals surface area contributed by atoms with Crippen LogP contribution in [0.15, 0.2) is 29.2 Å². The molecule has 0 radical (unpaired) electrons. The van der Waals surface area contributed by atoms with E-state index in [0.717, 1.165) is 12.1 Å². The van der Waals surface area contributed by atoms with Crippen LogP contribution in [0.3, 0.4) is 0 Å². The molecular weight excluding hydrogens is 203 g/mol. The zero-order valence-corrected chi connectivity index (χ0v) is 7.15. The fourth-order valence-corrected chi connectivity index (χ4v) is 1.32. The number of carboxylic acid groups (broad SMARTS) is 1. The van der Waals surface area contributed by atoms with Gasteiger partial charge in [0.15, 0.2) is 0 Å². The fourth-order valence-electron chi connectivity index (χ4n) is 0.790. The van der Waals surface area contributed by atoms with Crippen molar-refractivity contribution in [2.24, 2.45) is 0 Å². The van der Waals surface area contributed by atoms with E-state index >= 15 is 0 Å². The van der Waals surface area contributed by atoms with Gasteiger partial charge in [-0.3, -0.25) is 4.55 Å². The minimum absolute atomic E-state index is 0. The Kier molecular flexibility index (Phi) is 4.35. The van der Waals surface area contributed by atoms with Crippen LogP contribution in [-0.2, 0) is 10.1 Å². The first-order chi connectivity index (χ1) is 5.91. The summed E-state index contributed by atoms with van der Waals surface area (Å²) in [4.78, 5) is 9.98. The molecule has 14 heavy (non-hydrogen) atoms. The fraction of sp³-hybridized carbons (Fsp3) is 0. The van der Waals surface area contributed by atoms with Gasteiger partial charge in [-0.15, -0.1) is 0 Å². The number of hydrogen-bond donors (Lipinski definition) is 2. The summed E-state index contributed by atoms with van der Waals surface area (Å²) in [5.74, 6) is -1.24. The molecule has 0 atom stereocenters. The van der Waals surface area contributed by atoms with Gasteiger partial charge in [0.05, 0.1) is 10.5 Å². The normalized spacial score (nSPS) is 10.4. The molecule has 1 rings (SSSR count). The number of benzene rings is 1. The first-order valence-electron chi connectivity index (χ1n) is 3.22. The van der Waals surface area contributed by atoms with Crippen LogP contribution in [0, 0.1) is 0 Å². The van der Waals surface area contributed by atoms with Crippen LogP contribution in [0.25, 0.3) is 0 Å². The zero-order valence-electron chi connectivity index (χ0n) is 6.34. The molecule has 1 aromatic carbocycles. The van der Waals surface area contributed by atoms with Crippen LogP contribution in [0.5, 0.6) is 0 Å². The van der Waals surface area contributed by atoms with Crippen molar-refractivity contribution in [2.75, 3.05) is 0 Å². The average molecular weight is 210 g/mol. The Labute approximate surface area is 92.7 Å². The molecule has 0 saturated heterocycles. The average Bonchev–Trinajstić information content (AvgIpc) is 2.03. The second-order valence-electron chi connectivity index (χ2n) is 2.31. The van der Waals surface area contributed by atoms with Crippen LogP contribution in [0.1, 0.15) is 10.4 Å². The van der Waals surface area contributed by atoms with E-state index in [2.05, 4.69) is 0 Å². The van der Waals surface area contributed by atoms with Crippen LogP contribution in [0.2, 0.25) is 0 Å². The van der Waals surface area contributed by atoms with Gasteiger partial charge < -0.3 is 5.11 Å². The molecule has 0 aliphatic rings. The number of hydrogen-bond acceptors (Lipinski definition) is 3. The van der Waals surface area contributed by atoms with E-state index in [4.69, 9.17) is 9.66 Å². The van der Waals surface area contributed by atoms with Crippen molar-refractivity contribution in [2.45, 2.75) is 4.90 Å². The van der Waals surface area contributed by atoms with Crippen LogP contribution in [-0.4, -0.2) is 42.9 Å². The van der Waals surface area contributed by atoms with E-state index in [0.29, 0.717) is 0 Å². The number of carboxylic acids is 1. The molecule has 72 valence electrons. The van der Waals surface area contributed by atoms with E-state index < -0.39 is 21.0 Å². The Hall–Kier alpha value is -0.803. The molecule has 0 amide bonds. The molecule has 0 saturated carbocycles. The van der Waals surface area contributed by atoms with E-state index in [1.165, 1.54) is 12.1 Å². The van der Waals surface area contributed by atoms with Gasteiger partial charge >= 0.3 is 24.8 Å². The quantitative estimate of drug-likeness (QED) is 0.528. The van der Waals surface area contributed by atoms with Crippen LogP contribution < -0.4 is 0 Å². The molecule has 5 nitrogen and oxygen atoms in total. The Morgan fingerprint density at radius 3 is 2.29 bits per heavy atom. The topological polar surface area (TPSA) is 91.7 Å². The van der Waals surface area contributed by atoms with Crippen molar-refractivity contribution in [3.63, 3.8) is 0 Å². The molecule has 0 aliphatic heterocycles. The second kappa shape index (κ2) is 4.62. The number of aromatic carboxylic acids is 1. The Morgan fingerprint density at radius 2 is 1.86 bits per heavy atom. The van der Waals surface area contributed by atoms with E-state index in [9.17, 15) is 13.2 Å². The molecule has 0 unspecified atom stereocenters. The summed E-state index contributed by atoms with van der Waals surface area (Å²) in [6.07, 6.45) is 0. The molecule has 1 aromatic rings. The van der Waals surface area contributed by atoms with Crippen LogP contribution in [0.4, 0.5) is 0 Å². The third kappa shape index (κ3) is 3.16. The summed E-state index contributed by atoms with van der Waals surface area (Å²) in [5.41, 5.74) is -0.185. The summed E-state index contributed by atoms with van der Waals surface area (Å²) in [5, 5.41) is 8.50. The SMILES string of the molecule is O=C(O)c1cccc(S(=O)(=O)O)c1.[LiH]. The molecular formula is C7H7LiO5S. The van der Waals surface area contributed by atoms with E-state index in [1.54, 1.807) is 0 Å². The Morgan fingerprint density at radius 1 is 1.29 bits per heavy atom. The standard InChI is InChI=1S/C7H6O5S.Li.H/c8-7(9)5-2-1-3-6(4-5)13(10,11)12;;/h1-4H,(H,8,9)(H,10,11,12);;. The minimum atomic E-state index is -4.32. The van der Waals surface area contributed by atoms with Crippen molar-refractivity contribution >= 4 is 34.9 Å². The van der Waals surface area contributed by atoms with E-state index in [-0.39, 0.29) is 24.4 Å². The van der Waals surface area contributed by atoms with Gasteiger partial charge in [-0.1, -0.05) is 6.07 Å². The maximum atomic E-state index is 10.6. The van der Waals surface area contributed by atoms with E-state index in [1.807, 2.05) is 0 Å². The zero-order chi connectivity index (χ0) is 10.1. The molecule has 0 bridgehead atoms. The van der Waals surface area contributed by atoms with Crippen molar-refractivity contribution in [1.82, 2.24) is 0 Å². The Bertz CT molecular complexity index is 439. The van der Waals surface area contributed by atoms with Crippen molar-refractivity contribution in [1.29, 1.82) is 0 Å². The summed E-state index contributed by atoms with van der Waals surface area (Å²) >= 11 is 0. The second-order valence-corrected chi connectivity index (χ2v) is 3.73. The molecule has 7 heteroatoms. The Balaban J connectivity index is 0.00000169. The summed E-state index contributed by atoms with van der Waals surface area (Å²) in [7, 11) is -4.32. The van der Waals surface area contributed by atoms with Gasteiger partial charge in [0.1, 0.15) is 0 Å². The third-order valence-electron chi connectivity index (χ3n) is 1.38. The van der Waals surface area contributed by atoms with Gasteiger partial charge in [-0.05, 0) is 18.2 Å². The van der Waals surface area contributed by atoms with Crippen molar-refractivity contribution in [3.8, 4) is 0 Å². The molecule has 0 fully saturated rings. The van der Waals surface area contributed by atoms with Gasteiger partial charge in [-0.25, -0.2) is 4.79 Å². The first kappa shape index (κ1) is 13.2. The predicted molar refractivity (Wildman–Crippen MR) is 50.4 cm³/mol. The monoisotopic (exact) mass is 210 g/mol. The summed E-state index contributed by atoms with van der Waals surface area (Å²) in [6, 6.07) is 4.48. The third-order valence-corrected chi connectivity index (χ3v) is 2.23. The van der Waals surface area contributed by atoms with Gasteiger partial charge in [-0.2, -0.15) is 8.42 Å². The first-order valence-corrected chi connectivity index (χ1v) is 4.66. The molecule has 0 aromatic heterocycles.